The van der Waals surface area contributed by atoms with Gasteiger partial charge >= 0.3 is 0 Å². The van der Waals surface area contributed by atoms with Crippen LogP contribution in [0.4, 0.5) is 5.69 Å². The van der Waals surface area contributed by atoms with Crippen molar-refractivity contribution in [3.8, 4) is 0 Å². The molecule has 1 fully saturated rings. The highest BCUT2D eigenvalue weighted by Gasteiger charge is 2.24. The average Bonchev–Trinajstić information content (AvgIpc) is 2.53. The fourth-order valence-electron chi connectivity index (χ4n) is 2.59. The minimum absolute atomic E-state index is 0.130. The van der Waals surface area contributed by atoms with Crippen molar-refractivity contribution in [1.82, 2.24) is 10.3 Å². The van der Waals surface area contributed by atoms with E-state index in [0.29, 0.717) is 6.42 Å². The van der Waals surface area contributed by atoms with Crippen LogP contribution in [0.3, 0.4) is 0 Å². The molecule has 0 spiro atoms. The minimum Gasteiger partial charge on any atom is -0.387 e. The molecule has 5 heteroatoms. The van der Waals surface area contributed by atoms with Crippen molar-refractivity contribution >= 4 is 11.6 Å². The molecule has 1 aromatic heterocycles. The predicted octanol–water partition coefficient (Wildman–Crippen LogP) is 1.49. The van der Waals surface area contributed by atoms with E-state index in [4.69, 9.17) is 0 Å². The fourth-order valence-corrected chi connectivity index (χ4v) is 2.59. The molecule has 1 aromatic rings. The molecule has 1 saturated heterocycles. The Kier molecular flexibility index (Phi) is 4.95. The van der Waals surface area contributed by atoms with E-state index in [-0.39, 0.29) is 11.8 Å². The van der Waals surface area contributed by atoms with E-state index in [9.17, 15) is 9.90 Å². The standard InChI is InChI=1S/C15H23N3O2/c1-3-14(19)13-5-4-12(10-17-13)18-8-6-11(7-9-18)15(20)16-2/h4-5,10-11,14,19H,3,6-9H2,1-2H3,(H,16,20). The summed E-state index contributed by atoms with van der Waals surface area (Å²) in [6.45, 7) is 3.68. The molecule has 0 bridgehead atoms. The molecule has 0 saturated carbocycles. The highest BCUT2D eigenvalue weighted by atomic mass is 16.3. The number of aliphatic hydroxyl groups excluding tert-OH is 1. The number of nitrogens with one attached hydrogen (secondary N) is 1. The first-order valence-corrected chi connectivity index (χ1v) is 7.26. The number of nitrogens with zero attached hydrogens (tertiary/aromatic N) is 2. The van der Waals surface area contributed by atoms with Crippen molar-refractivity contribution in [2.45, 2.75) is 32.3 Å². The van der Waals surface area contributed by atoms with E-state index in [1.54, 1.807) is 7.05 Å². The van der Waals surface area contributed by atoms with E-state index < -0.39 is 6.10 Å². The molecular weight excluding hydrogens is 254 g/mol. The zero-order chi connectivity index (χ0) is 14.5. The summed E-state index contributed by atoms with van der Waals surface area (Å²) in [7, 11) is 1.69. The number of aromatic nitrogens is 1. The van der Waals surface area contributed by atoms with E-state index in [1.165, 1.54) is 0 Å². The summed E-state index contributed by atoms with van der Waals surface area (Å²) < 4.78 is 0. The van der Waals surface area contributed by atoms with E-state index in [1.807, 2.05) is 25.3 Å². The first kappa shape index (κ1) is 14.8. The number of pyridine rings is 1. The zero-order valence-corrected chi connectivity index (χ0v) is 12.2. The maximum atomic E-state index is 11.6. The predicted molar refractivity (Wildman–Crippen MR) is 78.5 cm³/mol. The molecule has 2 N–H and O–H groups in total. The van der Waals surface area contributed by atoms with E-state index in [0.717, 1.165) is 37.3 Å². The van der Waals surface area contributed by atoms with Crippen LogP contribution >= 0.6 is 0 Å². The van der Waals surface area contributed by atoms with Crippen molar-refractivity contribution in [3.05, 3.63) is 24.0 Å². The highest BCUT2D eigenvalue weighted by Crippen LogP contribution is 2.24. The van der Waals surface area contributed by atoms with Crippen LogP contribution in [0, 0.1) is 5.92 Å². The number of carbonyl (C=O) groups is 1. The molecule has 0 aromatic carbocycles. The molecule has 1 aliphatic heterocycles. The van der Waals surface area contributed by atoms with E-state index >= 15 is 0 Å². The Morgan fingerprint density at radius 3 is 2.70 bits per heavy atom. The van der Waals surface area contributed by atoms with E-state index in [2.05, 4.69) is 15.2 Å². The first-order valence-electron chi connectivity index (χ1n) is 7.26. The molecule has 1 aliphatic rings. The third-order valence-electron chi connectivity index (χ3n) is 3.98. The summed E-state index contributed by atoms with van der Waals surface area (Å²) in [5.41, 5.74) is 1.78. The van der Waals surface area contributed by atoms with Gasteiger partial charge in [0.15, 0.2) is 0 Å². The first-order chi connectivity index (χ1) is 9.65. The lowest BCUT2D eigenvalue weighted by Crippen LogP contribution is -2.39. The molecular formula is C15H23N3O2. The van der Waals surface area contributed by atoms with Crippen molar-refractivity contribution < 1.29 is 9.90 Å². The van der Waals surface area contributed by atoms with Gasteiger partial charge in [-0.05, 0) is 31.4 Å². The Bertz CT molecular complexity index is 439. The van der Waals surface area contributed by atoms with Crippen molar-refractivity contribution in [2.24, 2.45) is 5.92 Å². The number of rotatable bonds is 4. The van der Waals surface area contributed by atoms with Crippen LogP contribution < -0.4 is 10.2 Å². The quantitative estimate of drug-likeness (QED) is 0.875. The number of piperidine rings is 1. The van der Waals surface area contributed by atoms with Crippen LogP contribution in [0.25, 0.3) is 0 Å². The largest absolute Gasteiger partial charge is 0.387 e. The summed E-state index contributed by atoms with van der Waals surface area (Å²) in [6, 6.07) is 3.88. The average molecular weight is 277 g/mol. The lowest BCUT2D eigenvalue weighted by atomic mass is 9.96. The number of carbonyl (C=O) groups excluding carboxylic acids is 1. The normalized spacial score (nSPS) is 17.9. The SMILES string of the molecule is CCC(O)c1ccc(N2CCC(C(=O)NC)CC2)cn1. The van der Waals surface area contributed by atoms with Crippen LogP contribution in [0.2, 0.25) is 0 Å². The smallest absolute Gasteiger partial charge is 0.222 e. The van der Waals surface area contributed by atoms with Crippen molar-refractivity contribution in [2.75, 3.05) is 25.0 Å². The number of hydrogen-bond donors (Lipinski definition) is 2. The van der Waals surface area contributed by atoms with Gasteiger partial charge in [-0.15, -0.1) is 0 Å². The third-order valence-corrected chi connectivity index (χ3v) is 3.98. The Hall–Kier alpha value is -1.62. The summed E-state index contributed by atoms with van der Waals surface area (Å²) in [5, 5.41) is 12.5. The molecule has 0 radical (unpaired) electrons. The van der Waals surface area contributed by atoms with Gasteiger partial charge in [-0.3, -0.25) is 9.78 Å². The van der Waals surface area contributed by atoms with Crippen LogP contribution in [-0.2, 0) is 4.79 Å². The third kappa shape index (κ3) is 3.28. The maximum absolute atomic E-state index is 11.6. The summed E-state index contributed by atoms with van der Waals surface area (Å²) in [4.78, 5) is 18.2. The second-order valence-electron chi connectivity index (χ2n) is 5.24. The van der Waals surface area contributed by atoms with Gasteiger partial charge < -0.3 is 15.3 Å². The Morgan fingerprint density at radius 1 is 1.50 bits per heavy atom. The lowest BCUT2D eigenvalue weighted by Gasteiger charge is -2.32. The number of hydrogen-bond acceptors (Lipinski definition) is 4. The molecule has 1 unspecified atom stereocenters. The molecule has 0 aliphatic carbocycles. The molecule has 1 amide bonds. The molecule has 1 atom stereocenters. The topological polar surface area (TPSA) is 65.5 Å². The fraction of sp³-hybridized carbons (Fsp3) is 0.600. The lowest BCUT2D eigenvalue weighted by molar-refractivity contribution is -0.125. The molecule has 110 valence electrons. The number of amides is 1. The Balaban J connectivity index is 1.95. The van der Waals surface area contributed by atoms with Gasteiger partial charge in [0.1, 0.15) is 0 Å². The van der Waals surface area contributed by atoms with Crippen LogP contribution in [0.15, 0.2) is 18.3 Å². The number of aliphatic hydroxyl groups is 1. The van der Waals surface area contributed by atoms with Gasteiger partial charge in [0.05, 0.1) is 23.7 Å². The molecule has 2 rings (SSSR count). The highest BCUT2D eigenvalue weighted by molar-refractivity contribution is 5.78. The minimum atomic E-state index is -0.483. The monoisotopic (exact) mass is 277 g/mol. The Morgan fingerprint density at radius 2 is 2.20 bits per heavy atom. The van der Waals surface area contributed by atoms with Gasteiger partial charge in [0.2, 0.25) is 5.91 Å². The summed E-state index contributed by atoms with van der Waals surface area (Å²) in [5.74, 6) is 0.273. The second-order valence-corrected chi connectivity index (χ2v) is 5.24. The number of anilines is 1. The Labute approximate surface area is 120 Å². The van der Waals surface area contributed by atoms with Gasteiger partial charge in [0.25, 0.3) is 0 Å². The van der Waals surface area contributed by atoms with Gasteiger partial charge in [-0.2, -0.15) is 0 Å². The van der Waals surface area contributed by atoms with Gasteiger partial charge in [0, 0.05) is 26.1 Å². The van der Waals surface area contributed by atoms with Crippen molar-refractivity contribution in [1.29, 1.82) is 0 Å². The summed E-state index contributed by atoms with van der Waals surface area (Å²) >= 11 is 0. The molecule has 20 heavy (non-hydrogen) atoms. The van der Waals surface area contributed by atoms with Crippen LogP contribution in [0.5, 0.6) is 0 Å². The van der Waals surface area contributed by atoms with Crippen molar-refractivity contribution in [3.63, 3.8) is 0 Å². The van der Waals surface area contributed by atoms with Gasteiger partial charge in [-0.25, -0.2) is 0 Å². The van der Waals surface area contributed by atoms with Gasteiger partial charge in [-0.1, -0.05) is 6.92 Å². The second kappa shape index (κ2) is 6.70. The molecule has 2 heterocycles. The zero-order valence-electron chi connectivity index (χ0n) is 12.2. The summed E-state index contributed by atoms with van der Waals surface area (Å²) in [6.07, 6.45) is 3.75. The molecule has 5 nitrogen and oxygen atoms in total. The maximum Gasteiger partial charge on any atom is 0.222 e. The van der Waals surface area contributed by atoms with Crippen LogP contribution in [0.1, 0.15) is 38.0 Å². The van der Waals surface area contributed by atoms with Crippen LogP contribution in [-0.4, -0.2) is 36.1 Å².